The second kappa shape index (κ2) is 4.52. The van der Waals surface area contributed by atoms with Gasteiger partial charge in [0.2, 0.25) is 5.89 Å². The van der Waals surface area contributed by atoms with Gasteiger partial charge < -0.3 is 10.2 Å². The zero-order valence-corrected chi connectivity index (χ0v) is 8.05. The summed E-state index contributed by atoms with van der Waals surface area (Å²) >= 11 is 0. The molecule has 0 fully saturated rings. The maximum atomic E-state index is 5.36. The van der Waals surface area contributed by atoms with Crippen LogP contribution in [0.2, 0.25) is 0 Å². The van der Waals surface area contributed by atoms with Gasteiger partial charge >= 0.3 is 6.01 Å². The summed E-state index contributed by atoms with van der Waals surface area (Å²) in [6.07, 6.45) is 2.26. The molecule has 0 spiro atoms. The Bertz CT molecular complexity index is 413. The molecule has 2 heterocycles. The van der Waals surface area contributed by atoms with Crippen molar-refractivity contribution in [2.75, 3.05) is 11.9 Å². The maximum absolute atomic E-state index is 5.36. The van der Waals surface area contributed by atoms with Crippen molar-refractivity contribution in [2.45, 2.75) is 6.42 Å². The summed E-state index contributed by atoms with van der Waals surface area (Å²) < 4.78 is 5.27. The molecule has 0 saturated heterocycles. The number of nitrogens with two attached hydrogens (primary N) is 1. The second-order valence-electron chi connectivity index (χ2n) is 2.88. The number of pyridine rings is 1. The minimum absolute atomic E-state index is 0.331. The van der Waals surface area contributed by atoms with Gasteiger partial charge in [-0.1, -0.05) is 11.2 Å². The van der Waals surface area contributed by atoms with E-state index in [2.05, 4.69) is 20.5 Å². The largest absolute Gasteiger partial charge is 0.408 e. The fourth-order valence-electron chi connectivity index (χ4n) is 1.07. The molecular formula is C9H11N5O. The molecule has 0 aliphatic heterocycles. The van der Waals surface area contributed by atoms with Crippen LogP contribution in [-0.2, 0) is 6.42 Å². The van der Waals surface area contributed by atoms with Crippen LogP contribution in [0.5, 0.6) is 0 Å². The first-order valence-electron chi connectivity index (χ1n) is 4.59. The van der Waals surface area contributed by atoms with E-state index in [4.69, 9.17) is 10.2 Å². The third kappa shape index (κ3) is 2.50. The van der Waals surface area contributed by atoms with Gasteiger partial charge in [0.15, 0.2) is 0 Å². The highest BCUT2D eigenvalue weighted by molar-refractivity contribution is 5.44. The van der Waals surface area contributed by atoms with E-state index in [1.165, 1.54) is 0 Å². The number of aromatic nitrogens is 3. The van der Waals surface area contributed by atoms with Gasteiger partial charge in [-0.15, -0.1) is 5.10 Å². The van der Waals surface area contributed by atoms with Crippen LogP contribution in [-0.4, -0.2) is 21.7 Å². The first-order valence-corrected chi connectivity index (χ1v) is 4.59. The molecule has 0 aromatic carbocycles. The number of hydrogen-bond donors (Lipinski definition) is 2. The molecule has 6 heteroatoms. The van der Waals surface area contributed by atoms with Crippen LogP contribution < -0.4 is 11.1 Å². The van der Waals surface area contributed by atoms with E-state index in [9.17, 15) is 0 Å². The van der Waals surface area contributed by atoms with E-state index >= 15 is 0 Å². The average molecular weight is 205 g/mol. The van der Waals surface area contributed by atoms with Crippen molar-refractivity contribution in [1.82, 2.24) is 15.2 Å². The molecule has 0 atom stereocenters. The standard InChI is InChI=1S/C9H11N5O/c10-5-4-8-13-14-9(15-8)12-7-3-1-2-6-11-7/h1-3,6H,4-5,10H2,(H,11,12,14). The van der Waals surface area contributed by atoms with Crippen LogP contribution >= 0.6 is 0 Å². The lowest BCUT2D eigenvalue weighted by Crippen LogP contribution is -2.02. The maximum Gasteiger partial charge on any atom is 0.321 e. The third-order valence-corrected chi connectivity index (χ3v) is 1.72. The highest BCUT2D eigenvalue weighted by Gasteiger charge is 2.04. The highest BCUT2D eigenvalue weighted by Crippen LogP contribution is 2.11. The minimum atomic E-state index is 0.331. The second-order valence-corrected chi connectivity index (χ2v) is 2.88. The molecule has 2 aromatic heterocycles. The zero-order valence-electron chi connectivity index (χ0n) is 8.05. The van der Waals surface area contributed by atoms with Gasteiger partial charge in [-0.25, -0.2) is 4.98 Å². The van der Waals surface area contributed by atoms with Crippen molar-refractivity contribution in [1.29, 1.82) is 0 Å². The summed E-state index contributed by atoms with van der Waals surface area (Å²) in [6, 6.07) is 5.84. The van der Waals surface area contributed by atoms with E-state index < -0.39 is 0 Å². The number of anilines is 2. The molecular weight excluding hydrogens is 194 g/mol. The molecule has 0 bridgehead atoms. The molecule has 0 aliphatic rings. The van der Waals surface area contributed by atoms with Crippen LogP contribution in [0.1, 0.15) is 5.89 Å². The topological polar surface area (TPSA) is 89.9 Å². The van der Waals surface area contributed by atoms with Crippen molar-refractivity contribution >= 4 is 11.8 Å². The van der Waals surface area contributed by atoms with Crippen LogP contribution in [0.25, 0.3) is 0 Å². The van der Waals surface area contributed by atoms with Crippen molar-refractivity contribution < 1.29 is 4.42 Å². The first-order chi connectivity index (χ1) is 7.38. The van der Waals surface area contributed by atoms with Gasteiger partial charge in [-0.3, -0.25) is 5.32 Å². The Morgan fingerprint density at radius 2 is 2.27 bits per heavy atom. The average Bonchev–Trinajstić information content (AvgIpc) is 2.68. The Morgan fingerprint density at radius 3 is 3.00 bits per heavy atom. The van der Waals surface area contributed by atoms with Gasteiger partial charge in [0.25, 0.3) is 0 Å². The highest BCUT2D eigenvalue weighted by atomic mass is 16.4. The molecule has 0 amide bonds. The number of hydrogen-bond acceptors (Lipinski definition) is 6. The summed E-state index contributed by atoms with van der Waals surface area (Å²) in [5.74, 6) is 1.19. The normalized spacial score (nSPS) is 10.2. The van der Waals surface area contributed by atoms with E-state index in [1.807, 2.05) is 18.2 Å². The number of nitrogens with one attached hydrogen (secondary N) is 1. The Balaban J connectivity index is 2.05. The van der Waals surface area contributed by atoms with Gasteiger partial charge in [0, 0.05) is 19.2 Å². The summed E-state index contributed by atoms with van der Waals surface area (Å²) in [7, 11) is 0. The Labute approximate surface area is 86.5 Å². The fraction of sp³-hybridized carbons (Fsp3) is 0.222. The number of nitrogens with zero attached hydrogens (tertiary/aromatic N) is 3. The molecule has 6 nitrogen and oxygen atoms in total. The van der Waals surface area contributed by atoms with Gasteiger partial charge in [0.1, 0.15) is 5.82 Å². The van der Waals surface area contributed by atoms with Gasteiger partial charge in [-0.05, 0) is 12.1 Å². The van der Waals surface area contributed by atoms with Crippen molar-refractivity contribution in [3.05, 3.63) is 30.3 Å². The molecule has 0 radical (unpaired) electrons. The molecule has 2 rings (SSSR count). The monoisotopic (exact) mass is 205 g/mol. The van der Waals surface area contributed by atoms with Gasteiger partial charge in [0.05, 0.1) is 0 Å². The Morgan fingerprint density at radius 1 is 1.33 bits per heavy atom. The lowest BCUT2D eigenvalue weighted by molar-refractivity contribution is 0.509. The van der Waals surface area contributed by atoms with Crippen molar-refractivity contribution in [2.24, 2.45) is 5.73 Å². The van der Waals surface area contributed by atoms with Crippen molar-refractivity contribution in [3.8, 4) is 0 Å². The predicted molar refractivity (Wildman–Crippen MR) is 54.6 cm³/mol. The van der Waals surface area contributed by atoms with Crippen LogP contribution in [0.4, 0.5) is 11.8 Å². The van der Waals surface area contributed by atoms with Gasteiger partial charge in [-0.2, -0.15) is 0 Å². The first kappa shape index (κ1) is 9.60. The summed E-state index contributed by atoms with van der Waals surface area (Å²) in [4.78, 5) is 4.07. The lowest BCUT2D eigenvalue weighted by Gasteiger charge is -1.97. The predicted octanol–water partition coefficient (Wildman–Crippen LogP) is 0.709. The number of rotatable bonds is 4. The lowest BCUT2D eigenvalue weighted by atomic mass is 10.4. The van der Waals surface area contributed by atoms with Crippen LogP contribution in [0, 0.1) is 0 Å². The molecule has 3 N–H and O–H groups in total. The smallest absolute Gasteiger partial charge is 0.321 e. The summed E-state index contributed by atoms with van der Waals surface area (Å²) in [5, 5.41) is 10.5. The van der Waals surface area contributed by atoms with E-state index in [0.29, 0.717) is 30.7 Å². The quantitative estimate of drug-likeness (QED) is 0.764. The summed E-state index contributed by atoms with van der Waals surface area (Å²) in [6.45, 7) is 0.491. The molecule has 78 valence electrons. The third-order valence-electron chi connectivity index (χ3n) is 1.72. The van der Waals surface area contributed by atoms with Crippen LogP contribution in [0.15, 0.2) is 28.8 Å². The molecule has 0 saturated carbocycles. The van der Waals surface area contributed by atoms with Crippen molar-refractivity contribution in [3.63, 3.8) is 0 Å². The van der Waals surface area contributed by atoms with E-state index in [0.717, 1.165) is 0 Å². The molecule has 0 unspecified atom stereocenters. The van der Waals surface area contributed by atoms with E-state index in [-0.39, 0.29) is 0 Å². The Kier molecular flexibility index (Phi) is 2.89. The zero-order chi connectivity index (χ0) is 10.5. The summed E-state index contributed by atoms with van der Waals surface area (Å²) in [5.41, 5.74) is 5.36. The Hall–Kier alpha value is -1.95. The fourth-order valence-corrected chi connectivity index (χ4v) is 1.07. The minimum Gasteiger partial charge on any atom is -0.408 e. The van der Waals surface area contributed by atoms with Crippen LogP contribution in [0.3, 0.4) is 0 Å². The molecule has 0 aliphatic carbocycles. The molecule has 2 aromatic rings. The molecule has 15 heavy (non-hydrogen) atoms. The van der Waals surface area contributed by atoms with E-state index in [1.54, 1.807) is 6.20 Å². The SMILES string of the molecule is NCCc1nnc(Nc2ccccn2)o1.